The summed E-state index contributed by atoms with van der Waals surface area (Å²) in [5.74, 6) is 0.826. The topological polar surface area (TPSA) is 93.4 Å². The van der Waals surface area contributed by atoms with Crippen LogP contribution in [0, 0.1) is 0 Å². The number of sulfonamides is 1. The second-order valence-corrected chi connectivity index (χ2v) is 7.02. The summed E-state index contributed by atoms with van der Waals surface area (Å²) in [4.78, 5) is 0.0615. The molecule has 0 aliphatic heterocycles. The molecule has 0 heterocycles. The maximum atomic E-state index is 11.2. The van der Waals surface area contributed by atoms with Crippen molar-refractivity contribution in [1.82, 2.24) is 5.32 Å². The minimum absolute atomic E-state index is 0.0615. The molecule has 0 unspecified atom stereocenters. The Morgan fingerprint density at radius 1 is 1.12 bits per heavy atom. The van der Waals surface area contributed by atoms with Crippen molar-refractivity contribution in [1.29, 1.82) is 0 Å². The number of hydrogen-bond acceptors (Lipinski definition) is 4. The molecule has 0 spiro atoms. The summed E-state index contributed by atoms with van der Waals surface area (Å²) in [5.41, 5.74) is 1.85. The zero-order valence-electron chi connectivity index (χ0n) is 13.2. The number of hydrogen-bond donors (Lipinski definition) is 3. The molecule has 8 heteroatoms. The third-order valence-electron chi connectivity index (χ3n) is 3.30. The van der Waals surface area contributed by atoms with Gasteiger partial charge in [-0.25, -0.2) is 13.6 Å². The van der Waals surface area contributed by atoms with E-state index in [2.05, 4.69) is 10.6 Å². The fraction of sp³-hybridized carbons (Fsp3) is 0.188. The largest absolute Gasteiger partial charge is 0.497 e. The highest BCUT2D eigenvalue weighted by Crippen LogP contribution is 2.13. The van der Waals surface area contributed by atoms with Crippen molar-refractivity contribution in [3.63, 3.8) is 0 Å². The van der Waals surface area contributed by atoms with Crippen LogP contribution >= 0.6 is 12.2 Å². The van der Waals surface area contributed by atoms with Crippen LogP contribution in [0.5, 0.6) is 5.75 Å². The smallest absolute Gasteiger partial charge is 0.238 e. The molecule has 2 rings (SSSR count). The number of ether oxygens (including phenoxy) is 1. The molecule has 0 fully saturated rings. The number of primary sulfonamides is 1. The van der Waals surface area contributed by atoms with E-state index in [1.54, 1.807) is 19.2 Å². The average Bonchev–Trinajstić information content (AvgIpc) is 2.55. The summed E-state index contributed by atoms with van der Waals surface area (Å²) in [5, 5.41) is 11.6. The molecule has 2 aromatic carbocycles. The Bertz CT molecular complexity index is 788. The predicted octanol–water partition coefficient (Wildman–Crippen LogP) is 1.87. The number of nitrogens with one attached hydrogen (secondary N) is 2. The number of benzene rings is 2. The van der Waals surface area contributed by atoms with Crippen LogP contribution in [-0.2, 0) is 16.4 Å². The number of methoxy groups -OCH3 is 1. The van der Waals surface area contributed by atoms with Crippen molar-refractivity contribution in [2.24, 2.45) is 5.14 Å². The molecule has 24 heavy (non-hydrogen) atoms. The van der Waals surface area contributed by atoms with Crippen LogP contribution in [0.3, 0.4) is 0 Å². The first-order chi connectivity index (χ1) is 11.4. The van der Waals surface area contributed by atoms with E-state index in [0.29, 0.717) is 17.3 Å². The fourth-order valence-corrected chi connectivity index (χ4v) is 2.75. The van der Waals surface area contributed by atoms with Gasteiger partial charge in [0.15, 0.2) is 5.11 Å². The van der Waals surface area contributed by atoms with Gasteiger partial charge >= 0.3 is 0 Å². The molecule has 2 aromatic rings. The number of thiocarbonyl (C=S) groups is 1. The van der Waals surface area contributed by atoms with E-state index in [4.69, 9.17) is 22.1 Å². The Morgan fingerprint density at radius 3 is 2.29 bits per heavy atom. The van der Waals surface area contributed by atoms with Gasteiger partial charge in [0.1, 0.15) is 5.75 Å². The van der Waals surface area contributed by atoms with Gasteiger partial charge in [0.2, 0.25) is 10.0 Å². The Morgan fingerprint density at radius 2 is 1.75 bits per heavy atom. The summed E-state index contributed by atoms with van der Waals surface area (Å²) in [6.45, 7) is 0.674. The summed E-state index contributed by atoms with van der Waals surface area (Å²) in [6, 6.07) is 13.9. The second kappa shape index (κ2) is 8.09. The normalized spacial score (nSPS) is 10.9. The molecular weight excluding hydrogens is 346 g/mol. The van der Waals surface area contributed by atoms with Crippen molar-refractivity contribution in [2.45, 2.75) is 11.3 Å². The summed E-state index contributed by atoms with van der Waals surface area (Å²) >= 11 is 5.21. The van der Waals surface area contributed by atoms with Gasteiger partial charge in [0, 0.05) is 12.2 Å². The van der Waals surface area contributed by atoms with Gasteiger partial charge in [-0.2, -0.15) is 0 Å². The van der Waals surface area contributed by atoms with Crippen LogP contribution in [0.15, 0.2) is 53.4 Å². The summed E-state index contributed by atoms with van der Waals surface area (Å²) in [6.07, 6.45) is 0.816. The molecule has 0 atom stereocenters. The van der Waals surface area contributed by atoms with Crippen LogP contribution in [0.4, 0.5) is 5.69 Å². The first-order valence-electron chi connectivity index (χ1n) is 7.19. The molecule has 0 aromatic heterocycles. The standard InChI is InChI=1S/C16H19N3O3S2/c1-22-14-6-2-12(3-7-14)10-11-18-16(23)19-13-4-8-15(9-5-13)24(17,20)21/h2-9H,10-11H2,1H3,(H2,17,20,21)(H2,18,19,23). The average molecular weight is 365 g/mol. The van der Waals surface area contributed by atoms with Crippen LogP contribution in [0.1, 0.15) is 5.56 Å². The van der Waals surface area contributed by atoms with Gasteiger partial charge in [0.25, 0.3) is 0 Å². The van der Waals surface area contributed by atoms with Crippen LogP contribution in [-0.4, -0.2) is 27.2 Å². The molecule has 0 saturated heterocycles. The lowest BCUT2D eigenvalue weighted by molar-refractivity contribution is 0.414. The van der Waals surface area contributed by atoms with Crippen molar-refractivity contribution in [3.05, 3.63) is 54.1 Å². The highest BCUT2D eigenvalue weighted by atomic mass is 32.2. The Labute approximate surface area is 147 Å². The van der Waals surface area contributed by atoms with Crippen molar-refractivity contribution in [3.8, 4) is 5.75 Å². The lowest BCUT2D eigenvalue weighted by Gasteiger charge is -2.11. The lowest BCUT2D eigenvalue weighted by Crippen LogP contribution is -2.30. The molecule has 0 aliphatic rings. The van der Waals surface area contributed by atoms with E-state index in [1.165, 1.54) is 17.7 Å². The van der Waals surface area contributed by atoms with Gasteiger partial charge < -0.3 is 15.4 Å². The fourth-order valence-electron chi connectivity index (χ4n) is 2.02. The highest BCUT2D eigenvalue weighted by Gasteiger charge is 2.07. The van der Waals surface area contributed by atoms with Crippen LogP contribution in [0.2, 0.25) is 0 Å². The minimum Gasteiger partial charge on any atom is -0.497 e. The molecule has 6 nitrogen and oxygen atoms in total. The number of nitrogens with two attached hydrogens (primary N) is 1. The highest BCUT2D eigenvalue weighted by molar-refractivity contribution is 7.89. The Hall–Kier alpha value is -2.16. The van der Waals surface area contributed by atoms with Crippen molar-refractivity contribution < 1.29 is 13.2 Å². The van der Waals surface area contributed by atoms with Crippen molar-refractivity contribution >= 4 is 33.0 Å². The minimum atomic E-state index is -3.68. The van der Waals surface area contributed by atoms with Gasteiger partial charge in [0.05, 0.1) is 12.0 Å². The number of rotatable bonds is 6. The maximum absolute atomic E-state index is 11.2. The van der Waals surface area contributed by atoms with Gasteiger partial charge in [-0.15, -0.1) is 0 Å². The van der Waals surface area contributed by atoms with E-state index in [0.717, 1.165) is 12.2 Å². The van der Waals surface area contributed by atoms with E-state index >= 15 is 0 Å². The SMILES string of the molecule is COc1ccc(CCNC(=S)Nc2ccc(S(N)(=O)=O)cc2)cc1. The van der Waals surface area contributed by atoms with Crippen molar-refractivity contribution in [2.75, 3.05) is 19.0 Å². The van der Waals surface area contributed by atoms with Gasteiger partial charge in [-0.3, -0.25) is 0 Å². The third kappa shape index (κ3) is 5.48. The second-order valence-electron chi connectivity index (χ2n) is 5.05. The molecule has 128 valence electrons. The van der Waals surface area contributed by atoms with Gasteiger partial charge in [-0.05, 0) is 60.6 Å². The maximum Gasteiger partial charge on any atom is 0.238 e. The molecule has 0 bridgehead atoms. The molecule has 0 aliphatic carbocycles. The Balaban J connectivity index is 1.80. The van der Waals surface area contributed by atoms with E-state index in [1.807, 2.05) is 24.3 Å². The first kappa shape index (κ1) is 18.2. The number of anilines is 1. The van der Waals surface area contributed by atoms with E-state index in [-0.39, 0.29) is 4.90 Å². The third-order valence-corrected chi connectivity index (χ3v) is 4.47. The van der Waals surface area contributed by atoms with Gasteiger partial charge in [-0.1, -0.05) is 12.1 Å². The summed E-state index contributed by atoms with van der Waals surface area (Å²) in [7, 11) is -2.05. The molecule has 0 radical (unpaired) electrons. The predicted molar refractivity (Wildman–Crippen MR) is 98.7 cm³/mol. The quantitative estimate of drug-likeness (QED) is 0.677. The van der Waals surface area contributed by atoms with E-state index < -0.39 is 10.0 Å². The monoisotopic (exact) mass is 365 g/mol. The van der Waals surface area contributed by atoms with Crippen LogP contribution in [0.25, 0.3) is 0 Å². The van der Waals surface area contributed by atoms with E-state index in [9.17, 15) is 8.42 Å². The molecular formula is C16H19N3O3S2. The zero-order chi connectivity index (χ0) is 17.6. The summed E-state index contributed by atoms with van der Waals surface area (Å²) < 4.78 is 27.5. The molecule has 0 saturated carbocycles. The van der Waals surface area contributed by atoms with Crippen LogP contribution < -0.4 is 20.5 Å². The zero-order valence-corrected chi connectivity index (χ0v) is 14.8. The Kier molecular flexibility index (Phi) is 6.13. The molecule has 0 amide bonds. The molecule has 4 N–H and O–H groups in total. The first-order valence-corrected chi connectivity index (χ1v) is 9.14. The lowest BCUT2D eigenvalue weighted by atomic mass is 10.1.